The molecule has 1 aliphatic heterocycles. The number of esters is 1. The molecular weight excluding hydrogens is 368 g/mol. The molecule has 9 heteroatoms. The van der Waals surface area contributed by atoms with Crippen LogP contribution < -0.4 is 10.1 Å². The van der Waals surface area contributed by atoms with Crippen molar-refractivity contribution in [3.63, 3.8) is 0 Å². The maximum absolute atomic E-state index is 12.5. The normalized spacial score (nSPS) is 18.3. The first-order valence-corrected chi connectivity index (χ1v) is 8.60. The Labute approximate surface area is 160 Å². The average Bonchev–Trinajstić information content (AvgIpc) is 3.17. The molecule has 28 heavy (non-hydrogen) atoms. The van der Waals surface area contributed by atoms with Gasteiger partial charge in [-0.15, -0.1) is 0 Å². The maximum Gasteiger partial charge on any atom is 0.516 e. The van der Waals surface area contributed by atoms with E-state index in [1.807, 2.05) is 6.07 Å². The van der Waals surface area contributed by atoms with Crippen molar-refractivity contribution in [3.05, 3.63) is 70.3 Å². The number of carbonyl (C=O) groups excluding carboxylic acids is 2. The van der Waals surface area contributed by atoms with Gasteiger partial charge in [0.05, 0.1) is 4.92 Å². The summed E-state index contributed by atoms with van der Waals surface area (Å²) < 4.78 is 15.5. The van der Waals surface area contributed by atoms with Gasteiger partial charge >= 0.3 is 12.1 Å². The number of hydrogen-bond acceptors (Lipinski definition) is 8. The molecule has 1 N–H and O–H groups in total. The zero-order valence-electron chi connectivity index (χ0n) is 14.8. The fraction of sp³-hybridized carbons (Fsp3) is 0.263. The van der Waals surface area contributed by atoms with Crippen molar-refractivity contribution in [1.82, 2.24) is 5.32 Å². The van der Waals surface area contributed by atoms with Gasteiger partial charge in [0.1, 0.15) is 12.4 Å². The minimum atomic E-state index is -1.45. The van der Waals surface area contributed by atoms with Crippen molar-refractivity contribution in [2.75, 3.05) is 6.54 Å². The van der Waals surface area contributed by atoms with Gasteiger partial charge in [-0.25, -0.2) is 9.59 Å². The molecule has 1 aliphatic rings. The molecule has 2 aromatic carbocycles. The van der Waals surface area contributed by atoms with E-state index in [0.29, 0.717) is 30.7 Å². The van der Waals surface area contributed by atoms with E-state index in [2.05, 4.69) is 5.32 Å². The second-order valence-electron chi connectivity index (χ2n) is 6.12. The number of carbonyl (C=O) groups is 2. The number of nitro groups is 1. The highest BCUT2D eigenvalue weighted by atomic mass is 16.7. The van der Waals surface area contributed by atoms with Gasteiger partial charge in [-0.2, -0.15) is 0 Å². The first kappa shape index (κ1) is 19.3. The fourth-order valence-corrected chi connectivity index (χ4v) is 2.75. The van der Waals surface area contributed by atoms with Crippen molar-refractivity contribution in [2.45, 2.75) is 25.2 Å². The van der Waals surface area contributed by atoms with E-state index in [-0.39, 0.29) is 12.3 Å². The Hall–Kier alpha value is -3.46. The van der Waals surface area contributed by atoms with Gasteiger partial charge in [-0.3, -0.25) is 15.4 Å². The standard InChI is InChI=1S/C19H18N2O7/c22-17(19(11-4-12-20-19)28-16-5-2-1-3-6-16)27-18(23)26-13-14-7-9-15(10-8-14)21(24)25/h1-3,5-10,20H,4,11-13H2/t19-/m1/s1. The average molecular weight is 386 g/mol. The Bertz CT molecular complexity index is 846. The molecule has 1 atom stereocenters. The Morgan fingerprint density at radius 3 is 2.43 bits per heavy atom. The zero-order chi connectivity index (χ0) is 20.0. The lowest BCUT2D eigenvalue weighted by molar-refractivity contribution is -0.384. The largest absolute Gasteiger partial charge is 0.516 e. The Morgan fingerprint density at radius 2 is 1.82 bits per heavy atom. The number of para-hydroxylation sites is 1. The number of non-ortho nitro benzene ring substituents is 1. The summed E-state index contributed by atoms with van der Waals surface area (Å²) in [7, 11) is 0. The second-order valence-corrected chi connectivity index (χ2v) is 6.12. The number of ether oxygens (including phenoxy) is 3. The van der Waals surface area contributed by atoms with Crippen LogP contribution in [0.15, 0.2) is 54.6 Å². The molecule has 0 amide bonds. The molecule has 146 valence electrons. The number of nitro benzene ring substituents is 1. The van der Waals surface area contributed by atoms with Crippen molar-refractivity contribution >= 4 is 17.8 Å². The number of nitrogens with one attached hydrogen (secondary N) is 1. The summed E-state index contributed by atoms with van der Waals surface area (Å²) in [5.41, 5.74) is -1.01. The summed E-state index contributed by atoms with van der Waals surface area (Å²) in [6.45, 7) is 0.351. The van der Waals surface area contributed by atoms with Crippen LogP contribution in [0.1, 0.15) is 18.4 Å². The van der Waals surface area contributed by atoms with E-state index in [9.17, 15) is 19.7 Å². The Balaban J connectivity index is 1.57. The summed E-state index contributed by atoms with van der Waals surface area (Å²) >= 11 is 0. The SMILES string of the molecule is O=C(OCc1ccc([N+](=O)[O-])cc1)OC(=O)[C@]1(Oc2ccccc2)CCCN1. The molecule has 2 aromatic rings. The first-order valence-electron chi connectivity index (χ1n) is 8.60. The molecule has 0 aromatic heterocycles. The molecule has 1 fully saturated rings. The third-order valence-electron chi connectivity index (χ3n) is 4.16. The van der Waals surface area contributed by atoms with Crippen LogP contribution in [0.25, 0.3) is 0 Å². The van der Waals surface area contributed by atoms with Crippen molar-refractivity contribution in [2.24, 2.45) is 0 Å². The molecule has 0 radical (unpaired) electrons. The van der Waals surface area contributed by atoms with E-state index in [0.717, 1.165) is 0 Å². The predicted molar refractivity (Wildman–Crippen MR) is 96.4 cm³/mol. The van der Waals surface area contributed by atoms with Gasteiger partial charge in [-0.1, -0.05) is 18.2 Å². The molecule has 1 heterocycles. The van der Waals surface area contributed by atoms with Crippen molar-refractivity contribution < 1.29 is 28.7 Å². The molecule has 9 nitrogen and oxygen atoms in total. The highest BCUT2D eigenvalue weighted by molar-refractivity contribution is 5.88. The van der Waals surface area contributed by atoms with E-state index in [1.54, 1.807) is 24.3 Å². The summed E-state index contributed by atoms with van der Waals surface area (Å²) in [5.74, 6) is -0.421. The summed E-state index contributed by atoms with van der Waals surface area (Å²) in [6.07, 6.45) is -0.149. The second kappa shape index (κ2) is 8.49. The van der Waals surface area contributed by atoms with E-state index < -0.39 is 22.8 Å². The van der Waals surface area contributed by atoms with Crippen LogP contribution in [-0.4, -0.2) is 29.3 Å². The molecule has 0 spiro atoms. The minimum absolute atomic E-state index is 0.0752. The highest BCUT2D eigenvalue weighted by Crippen LogP contribution is 2.26. The van der Waals surface area contributed by atoms with Gasteiger partial charge in [0.2, 0.25) is 0 Å². The maximum atomic E-state index is 12.5. The number of nitrogens with zero attached hydrogens (tertiary/aromatic N) is 1. The molecule has 0 bridgehead atoms. The monoisotopic (exact) mass is 386 g/mol. The van der Waals surface area contributed by atoms with Crippen LogP contribution in [0.2, 0.25) is 0 Å². The zero-order valence-corrected chi connectivity index (χ0v) is 14.8. The van der Waals surface area contributed by atoms with Crippen LogP contribution >= 0.6 is 0 Å². The molecule has 0 saturated carbocycles. The minimum Gasteiger partial charge on any atom is -0.461 e. The number of benzene rings is 2. The number of rotatable bonds is 6. The van der Waals surface area contributed by atoms with Gasteiger partial charge in [0, 0.05) is 18.6 Å². The first-order chi connectivity index (χ1) is 13.5. The fourth-order valence-electron chi connectivity index (χ4n) is 2.75. The molecule has 1 saturated heterocycles. The van der Waals surface area contributed by atoms with Crippen LogP contribution in [0.4, 0.5) is 10.5 Å². The van der Waals surface area contributed by atoms with Gasteiger partial charge < -0.3 is 14.2 Å². The van der Waals surface area contributed by atoms with Crippen LogP contribution in [0.3, 0.4) is 0 Å². The van der Waals surface area contributed by atoms with Crippen LogP contribution in [0.5, 0.6) is 5.75 Å². The molecule has 3 rings (SSSR count). The quantitative estimate of drug-likeness (QED) is 0.349. The van der Waals surface area contributed by atoms with Gasteiger partial charge in [-0.05, 0) is 42.8 Å². The third kappa shape index (κ3) is 4.63. The summed E-state index contributed by atoms with van der Waals surface area (Å²) in [4.78, 5) is 34.5. The van der Waals surface area contributed by atoms with E-state index in [4.69, 9.17) is 14.2 Å². The lowest BCUT2D eigenvalue weighted by Gasteiger charge is -2.27. The Morgan fingerprint density at radius 1 is 1.11 bits per heavy atom. The molecule has 0 aliphatic carbocycles. The summed E-state index contributed by atoms with van der Waals surface area (Å²) in [5, 5.41) is 13.6. The third-order valence-corrected chi connectivity index (χ3v) is 4.16. The molecule has 0 unspecified atom stereocenters. The van der Waals surface area contributed by atoms with E-state index in [1.165, 1.54) is 24.3 Å². The van der Waals surface area contributed by atoms with Gasteiger partial charge in [0.25, 0.3) is 11.4 Å². The van der Waals surface area contributed by atoms with Crippen molar-refractivity contribution in [1.29, 1.82) is 0 Å². The van der Waals surface area contributed by atoms with Gasteiger partial charge in [0.15, 0.2) is 0 Å². The smallest absolute Gasteiger partial charge is 0.461 e. The Kier molecular flexibility index (Phi) is 5.85. The van der Waals surface area contributed by atoms with E-state index >= 15 is 0 Å². The lowest BCUT2D eigenvalue weighted by atomic mass is 10.1. The predicted octanol–water partition coefficient (Wildman–Crippen LogP) is 2.93. The summed E-state index contributed by atoms with van der Waals surface area (Å²) in [6, 6.07) is 14.2. The molecular formula is C19H18N2O7. The van der Waals surface area contributed by atoms with Crippen molar-refractivity contribution in [3.8, 4) is 5.75 Å². The van der Waals surface area contributed by atoms with Crippen LogP contribution in [0, 0.1) is 10.1 Å². The number of hydrogen-bond donors (Lipinski definition) is 1. The highest BCUT2D eigenvalue weighted by Gasteiger charge is 2.46. The lowest BCUT2D eigenvalue weighted by Crippen LogP contribution is -2.54. The van der Waals surface area contributed by atoms with Crippen LogP contribution in [-0.2, 0) is 20.9 Å². The topological polar surface area (TPSA) is 117 Å².